The van der Waals surface area contributed by atoms with Crippen LogP contribution < -0.4 is 14.8 Å². The molecule has 0 radical (unpaired) electrons. The molecule has 1 aliphatic heterocycles. The number of sulfonamides is 1. The highest BCUT2D eigenvalue weighted by Gasteiger charge is 2.20. The first-order chi connectivity index (χ1) is 18.1. The lowest BCUT2D eigenvalue weighted by Crippen LogP contribution is -2.47. The third-order valence-corrected chi connectivity index (χ3v) is 7.80. The number of likely N-dealkylation sites (N-methyl/N-ethyl adjacent to an activating group) is 1. The molecular formula is C26H26Cl2N4O5S. The molecule has 0 atom stereocenters. The average molecular weight is 577 g/mol. The van der Waals surface area contributed by atoms with E-state index < -0.39 is 15.9 Å². The zero-order chi connectivity index (χ0) is 27.3. The largest absolute Gasteiger partial charge is 0.482 e. The first-order valence-electron chi connectivity index (χ1n) is 11.7. The van der Waals surface area contributed by atoms with E-state index in [1.807, 2.05) is 11.9 Å². The molecule has 1 saturated heterocycles. The Bertz CT molecular complexity index is 1410. The van der Waals surface area contributed by atoms with Gasteiger partial charge in [-0.3, -0.25) is 14.3 Å². The highest BCUT2D eigenvalue weighted by atomic mass is 35.5. The van der Waals surface area contributed by atoms with Gasteiger partial charge in [-0.1, -0.05) is 23.2 Å². The third-order valence-electron chi connectivity index (χ3n) is 5.87. The van der Waals surface area contributed by atoms with Crippen molar-refractivity contribution in [2.45, 2.75) is 4.90 Å². The zero-order valence-electron chi connectivity index (χ0n) is 20.5. The summed E-state index contributed by atoms with van der Waals surface area (Å²) >= 11 is 12.0. The van der Waals surface area contributed by atoms with Crippen molar-refractivity contribution in [3.8, 4) is 5.75 Å². The standard InChI is InChI=1S/C26H26Cl2N4O5S/c1-31-12-14-32(15-13-31)26(34)18-2-6-20(7-3-18)29-25(33)17-37-24-11-10-22(16-23(24)28)38(35,36)30-21-8-4-19(27)5-9-21/h2-11,16,30H,12-15,17H2,1H3,(H,29,33). The number of piperazine rings is 1. The van der Waals surface area contributed by atoms with E-state index in [-0.39, 0.29) is 28.2 Å². The summed E-state index contributed by atoms with van der Waals surface area (Å²) in [6, 6.07) is 16.8. The number of carbonyl (C=O) groups is 2. The summed E-state index contributed by atoms with van der Waals surface area (Å²) in [6.07, 6.45) is 0. The molecule has 1 fully saturated rings. The predicted molar refractivity (Wildman–Crippen MR) is 148 cm³/mol. The van der Waals surface area contributed by atoms with Gasteiger partial charge in [-0.05, 0) is 73.8 Å². The molecule has 0 aromatic heterocycles. The van der Waals surface area contributed by atoms with Crippen LogP contribution in [0.1, 0.15) is 10.4 Å². The van der Waals surface area contributed by atoms with Crippen molar-refractivity contribution in [1.82, 2.24) is 9.80 Å². The lowest BCUT2D eigenvalue weighted by Gasteiger charge is -2.32. The topological polar surface area (TPSA) is 108 Å². The van der Waals surface area contributed by atoms with Gasteiger partial charge in [-0.2, -0.15) is 0 Å². The number of anilines is 2. The maximum atomic E-state index is 12.7. The maximum Gasteiger partial charge on any atom is 0.262 e. The van der Waals surface area contributed by atoms with Crippen LogP contribution in [0.4, 0.5) is 11.4 Å². The Morgan fingerprint density at radius 1 is 0.895 bits per heavy atom. The smallest absolute Gasteiger partial charge is 0.262 e. The number of rotatable bonds is 8. The van der Waals surface area contributed by atoms with E-state index in [0.29, 0.717) is 35.1 Å². The molecule has 0 bridgehead atoms. The number of nitrogens with zero attached hydrogens (tertiary/aromatic N) is 2. The second kappa shape index (κ2) is 12.0. The van der Waals surface area contributed by atoms with Crippen LogP contribution in [-0.4, -0.2) is 69.9 Å². The highest BCUT2D eigenvalue weighted by molar-refractivity contribution is 7.92. The molecule has 4 rings (SSSR count). The molecular weight excluding hydrogens is 551 g/mol. The molecule has 12 heteroatoms. The highest BCUT2D eigenvalue weighted by Crippen LogP contribution is 2.28. The van der Waals surface area contributed by atoms with Crippen LogP contribution in [0.25, 0.3) is 0 Å². The summed E-state index contributed by atoms with van der Waals surface area (Å²) in [4.78, 5) is 29.0. The number of hydrogen-bond donors (Lipinski definition) is 2. The van der Waals surface area contributed by atoms with Crippen molar-refractivity contribution in [2.24, 2.45) is 0 Å². The van der Waals surface area contributed by atoms with Crippen LogP contribution >= 0.6 is 23.2 Å². The van der Waals surface area contributed by atoms with Gasteiger partial charge in [0.2, 0.25) is 0 Å². The van der Waals surface area contributed by atoms with Crippen LogP contribution in [0.2, 0.25) is 10.0 Å². The molecule has 0 unspecified atom stereocenters. The predicted octanol–water partition coefficient (Wildman–Crippen LogP) is 4.20. The fourth-order valence-corrected chi connectivity index (χ4v) is 5.24. The number of nitrogens with one attached hydrogen (secondary N) is 2. The summed E-state index contributed by atoms with van der Waals surface area (Å²) in [6.45, 7) is 2.68. The number of hydrogen-bond acceptors (Lipinski definition) is 6. The summed E-state index contributed by atoms with van der Waals surface area (Å²) in [5.74, 6) is -0.330. The van der Waals surface area contributed by atoms with E-state index in [1.165, 1.54) is 30.3 Å². The first-order valence-corrected chi connectivity index (χ1v) is 13.9. The van der Waals surface area contributed by atoms with Crippen molar-refractivity contribution in [3.05, 3.63) is 82.3 Å². The van der Waals surface area contributed by atoms with Gasteiger partial charge in [0.1, 0.15) is 5.75 Å². The molecule has 1 heterocycles. The molecule has 3 aromatic carbocycles. The minimum Gasteiger partial charge on any atom is -0.482 e. The second-order valence-electron chi connectivity index (χ2n) is 8.71. The fourth-order valence-electron chi connectivity index (χ4n) is 3.73. The van der Waals surface area contributed by atoms with Gasteiger partial charge in [0.05, 0.1) is 9.92 Å². The van der Waals surface area contributed by atoms with E-state index in [0.717, 1.165) is 13.1 Å². The lowest BCUT2D eigenvalue weighted by molar-refractivity contribution is -0.118. The summed E-state index contributed by atoms with van der Waals surface area (Å²) in [5.41, 5.74) is 1.41. The van der Waals surface area contributed by atoms with Crippen molar-refractivity contribution >= 4 is 56.4 Å². The van der Waals surface area contributed by atoms with E-state index >= 15 is 0 Å². The van der Waals surface area contributed by atoms with Crippen LogP contribution in [0.15, 0.2) is 71.6 Å². The first kappa shape index (κ1) is 27.7. The van der Waals surface area contributed by atoms with Gasteiger partial charge in [0.15, 0.2) is 6.61 Å². The van der Waals surface area contributed by atoms with Crippen LogP contribution in [0.3, 0.4) is 0 Å². The Labute approximate surface area is 231 Å². The fraction of sp³-hybridized carbons (Fsp3) is 0.231. The zero-order valence-corrected chi connectivity index (χ0v) is 22.8. The SMILES string of the molecule is CN1CCN(C(=O)c2ccc(NC(=O)COc3ccc(S(=O)(=O)Nc4ccc(Cl)cc4)cc3Cl)cc2)CC1. The average Bonchev–Trinajstić information content (AvgIpc) is 2.89. The van der Waals surface area contributed by atoms with Gasteiger partial charge in [-0.15, -0.1) is 0 Å². The van der Waals surface area contributed by atoms with Gasteiger partial charge in [0.25, 0.3) is 21.8 Å². The van der Waals surface area contributed by atoms with Crippen molar-refractivity contribution in [2.75, 3.05) is 49.9 Å². The molecule has 0 spiro atoms. The number of benzene rings is 3. The number of ether oxygens (including phenoxy) is 1. The van der Waals surface area contributed by atoms with Gasteiger partial charge in [-0.25, -0.2) is 8.42 Å². The quantitative estimate of drug-likeness (QED) is 0.416. The Hall–Kier alpha value is -3.31. The molecule has 1 aliphatic rings. The molecule has 38 heavy (non-hydrogen) atoms. The Morgan fingerprint density at radius 3 is 2.16 bits per heavy atom. The number of amides is 2. The molecule has 2 N–H and O–H groups in total. The normalized spacial score (nSPS) is 14.1. The maximum absolute atomic E-state index is 12.7. The summed E-state index contributed by atoms with van der Waals surface area (Å²) < 4.78 is 33.2. The van der Waals surface area contributed by atoms with Gasteiger partial charge >= 0.3 is 0 Å². The lowest BCUT2D eigenvalue weighted by atomic mass is 10.1. The van der Waals surface area contributed by atoms with E-state index in [9.17, 15) is 18.0 Å². The molecule has 2 amide bonds. The second-order valence-corrected chi connectivity index (χ2v) is 11.2. The minimum atomic E-state index is -3.90. The van der Waals surface area contributed by atoms with E-state index in [2.05, 4.69) is 14.9 Å². The van der Waals surface area contributed by atoms with Crippen molar-refractivity contribution in [1.29, 1.82) is 0 Å². The van der Waals surface area contributed by atoms with Crippen LogP contribution in [-0.2, 0) is 14.8 Å². The Balaban J connectivity index is 1.30. The third kappa shape index (κ3) is 7.16. The molecule has 9 nitrogen and oxygen atoms in total. The van der Waals surface area contributed by atoms with Gasteiger partial charge in [0, 0.05) is 48.1 Å². The monoisotopic (exact) mass is 576 g/mol. The van der Waals surface area contributed by atoms with E-state index in [1.54, 1.807) is 36.4 Å². The van der Waals surface area contributed by atoms with Crippen molar-refractivity contribution < 1.29 is 22.7 Å². The number of carbonyl (C=O) groups excluding carboxylic acids is 2. The summed E-state index contributed by atoms with van der Waals surface area (Å²) in [5, 5.41) is 3.21. The van der Waals surface area contributed by atoms with Crippen molar-refractivity contribution in [3.63, 3.8) is 0 Å². The Morgan fingerprint density at radius 2 is 1.53 bits per heavy atom. The van der Waals surface area contributed by atoms with Crippen LogP contribution in [0.5, 0.6) is 5.75 Å². The molecule has 0 aliphatic carbocycles. The molecule has 200 valence electrons. The van der Waals surface area contributed by atoms with Crippen LogP contribution in [0, 0.1) is 0 Å². The summed E-state index contributed by atoms with van der Waals surface area (Å²) in [7, 11) is -1.87. The minimum absolute atomic E-state index is 0.0311. The van der Waals surface area contributed by atoms with Gasteiger partial charge < -0.3 is 19.9 Å². The molecule has 3 aromatic rings. The molecule has 0 saturated carbocycles. The number of halogens is 2. The Kier molecular flexibility index (Phi) is 8.78. The van der Waals surface area contributed by atoms with E-state index in [4.69, 9.17) is 27.9 Å².